The Morgan fingerprint density at radius 2 is 2.00 bits per heavy atom. The number of hydrogen-bond acceptors (Lipinski definition) is 5. The number of aliphatic hydroxyl groups excluding tert-OH is 2. The Hall–Kier alpha value is -1.50. The van der Waals surface area contributed by atoms with Crippen molar-refractivity contribution in [3.05, 3.63) is 23.8 Å². The topological polar surface area (TPSA) is 115 Å². The number of aliphatic hydroxyl groups is 3. The Morgan fingerprint density at radius 1 is 1.30 bits per heavy atom. The third-order valence-corrected chi connectivity index (χ3v) is 8.40. The van der Waals surface area contributed by atoms with E-state index in [0.717, 1.165) is 18.4 Å². The van der Waals surface area contributed by atoms with E-state index in [4.69, 9.17) is 0 Å². The molecular weight excluding hydrogens is 348 g/mol. The lowest BCUT2D eigenvalue weighted by atomic mass is 9.46. The van der Waals surface area contributed by atoms with E-state index in [2.05, 4.69) is 6.92 Å². The minimum atomic E-state index is -1.86. The van der Waals surface area contributed by atoms with Gasteiger partial charge in [0.25, 0.3) is 0 Å². The smallest absolute Gasteiger partial charge is 0.335 e. The fraction of sp³-hybridized carbons (Fsp3) is 0.714. The van der Waals surface area contributed by atoms with Gasteiger partial charge < -0.3 is 20.4 Å². The maximum absolute atomic E-state index is 11.8. The molecule has 4 aliphatic rings. The lowest BCUT2D eigenvalue weighted by Gasteiger charge is -2.60. The Kier molecular flexibility index (Phi) is 4.01. The molecule has 0 unspecified atom stereocenters. The van der Waals surface area contributed by atoms with Crippen LogP contribution in [0.25, 0.3) is 0 Å². The third-order valence-electron chi connectivity index (χ3n) is 8.40. The van der Waals surface area contributed by atoms with E-state index < -0.39 is 34.6 Å². The van der Waals surface area contributed by atoms with Gasteiger partial charge in [-0.25, -0.2) is 4.79 Å². The minimum Gasteiger partial charge on any atom is -0.479 e. The molecular formula is C21H28O6. The third kappa shape index (κ3) is 2.30. The summed E-state index contributed by atoms with van der Waals surface area (Å²) in [6.07, 6.45) is 5.21. The molecule has 4 rings (SSSR count). The molecule has 4 aliphatic carbocycles. The van der Waals surface area contributed by atoms with Crippen LogP contribution in [0.5, 0.6) is 0 Å². The second kappa shape index (κ2) is 5.75. The summed E-state index contributed by atoms with van der Waals surface area (Å²) in [6, 6.07) is 0. The molecule has 4 N–H and O–H groups in total. The molecule has 3 fully saturated rings. The molecule has 0 heterocycles. The predicted octanol–water partition coefficient (Wildman–Crippen LogP) is 1.44. The average molecular weight is 376 g/mol. The summed E-state index contributed by atoms with van der Waals surface area (Å²) in [5.41, 5.74) is -1.95. The Bertz CT molecular complexity index is 756. The lowest BCUT2D eigenvalue weighted by Crippen LogP contribution is -2.63. The summed E-state index contributed by atoms with van der Waals surface area (Å²) < 4.78 is 0. The highest BCUT2D eigenvalue weighted by Gasteiger charge is 2.68. The number of aliphatic carboxylic acids is 1. The number of carboxylic acid groups (broad SMARTS) is 1. The van der Waals surface area contributed by atoms with Gasteiger partial charge in [0.2, 0.25) is 0 Å². The zero-order valence-electron chi connectivity index (χ0n) is 15.8. The molecule has 3 saturated carbocycles. The standard InChI is InChI=1S/C21H28O6/c1-19-7-5-12(22)9-11(19)3-4-13-14-6-8-21(27,17(24)18(25)26)20(14,2)10-15(23)16(13)19/h5,7,9,13-17,23-24,27H,3-4,6,8,10H2,1-2H3,(H,25,26)/t13-,14-,15-,16+,17-,19-,20-,21-/m0/s1. The highest BCUT2D eigenvalue weighted by Crippen LogP contribution is 2.67. The average Bonchev–Trinajstić information content (AvgIpc) is 2.86. The van der Waals surface area contributed by atoms with Crippen molar-refractivity contribution in [1.29, 1.82) is 0 Å². The van der Waals surface area contributed by atoms with Crippen LogP contribution in [0, 0.1) is 28.6 Å². The summed E-state index contributed by atoms with van der Waals surface area (Å²) in [4.78, 5) is 23.2. The highest BCUT2D eigenvalue weighted by atomic mass is 16.4. The molecule has 8 atom stereocenters. The first-order valence-corrected chi connectivity index (χ1v) is 9.80. The molecule has 0 aliphatic heterocycles. The van der Waals surface area contributed by atoms with Crippen LogP contribution < -0.4 is 0 Å². The summed E-state index contributed by atoms with van der Waals surface area (Å²) in [7, 11) is 0. The maximum atomic E-state index is 11.8. The number of fused-ring (bicyclic) bond motifs is 5. The van der Waals surface area contributed by atoms with Crippen LogP contribution in [-0.4, -0.2) is 50.0 Å². The summed E-state index contributed by atoms with van der Waals surface area (Å²) >= 11 is 0. The molecule has 148 valence electrons. The molecule has 0 aromatic carbocycles. The minimum absolute atomic E-state index is 0.0177. The van der Waals surface area contributed by atoms with Gasteiger partial charge in [0.1, 0.15) is 5.60 Å². The maximum Gasteiger partial charge on any atom is 0.335 e. The number of allylic oxidation sites excluding steroid dienone is 4. The van der Waals surface area contributed by atoms with E-state index in [0.29, 0.717) is 6.42 Å². The van der Waals surface area contributed by atoms with Gasteiger partial charge in [-0.2, -0.15) is 0 Å². The van der Waals surface area contributed by atoms with Crippen LogP contribution in [0.15, 0.2) is 23.8 Å². The quantitative estimate of drug-likeness (QED) is 0.580. The summed E-state index contributed by atoms with van der Waals surface area (Å²) in [5.74, 6) is -1.39. The van der Waals surface area contributed by atoms with Crippen LogP contribution in [0.4, 0.5) is 0 Å². The van der Waals surface area contributed by atoms with Gasteiger partial charge in [0.15, 0.2) is 11.9 Å². The van der Waals surface area contributed by atoms with E-state index >= 15 is 0 Å². The molecule has 6 nitrogen and oxygen atoms in total. The van der Waals surface area contributed by atoms with Gasteiger partial charge in [-0.3, -0.25) is 4.79 Å². The van der Waals surface area contributed by atoms with Crippen molar-refractivity contribution in [3.63, 3.8) is 0 Å². The molecule has 0 aromatic rings. The number of hydrogen-bond donors (Lipinski definition) is 4. The highest BCUT2D eigenvalue weighted by molar-refractivity contribution is 6.01. The molecule has 0 radical (unpaired) electrons. The van der Waals surface area contributed by atoms with Crippen LogP contribution in [-0.2, 0) is 9.59 Å². The van der Waals surface area contributed by atoms with E-state index in [1.54, 1.807) is 12.2 Å². The number of ketones is 1. The molecule has 0 bridgehead atoms. The van der Waals surface area contributed by atoms with Crippen molar-refractivity contribution >= 4 is 11.8 Å². The Labute approximate surface area is 158 Å². The number of rotatable bonds is 2. The number of carbonyl (C=O) groups excluding carboxylic acids is 1. The first kappa shape index (κ1) is 18.8. The summed E-state index contributed by atoms with van der Waals surface area (Å²) in [5, 5.41) is 41.9. The number of carboxylic acids is 1. The van der Waals surface area contributed by atoms with E-state index in [1.165, 1.54) is 0 Å². The number of carbonyl (C=O) groups is 2. The second-order valence-corrected chi connectivity index (χ2v) is 9.42. The van der Waals surface area contributed by atoms with Crippen molar-refractivity contribution in [2.24, 2.45) is 28.6 Å². The fourth-order valence-corrected chi connectivity index (χ4v) is 7.02. The van der Waals surface area contributed by atoms with Crippen molar-refractivity contribution in [2.45, 2.75) is 63.8 Å². The molecule has 0 saturated heterocycles. The zero-order valence-corrected chi connectivity index (χ0v) is 15.8. The van der Waals surface area contributed by atoms with Crippen LogP contribution in [0.2, 0.25) is 0 Å². The molecule has 6 heteroatoms. The van der Waals surface area contributed by atoms with Gasteiger partial charge in [0.05, 0.1) is 6.10 Å². The van der Waals surface area contributed by atoms with E-state index in [9.17, 15) is 30.0 Å². The molecule has 0 aromatic heterocycles. The van der Waals surface area contributed by atoms with Gasteiger partial charge in [-0.15, -0.1) is 0 Å². The van der Waals surface area contributed by atoms with Crippen molar-refractivity contribution in [3.8, 4) is 0 Å². The molecule has 0 amide bonds. The lowest BCUT2D eigenvalue weighted by molar-refractivity contribution is -0.207. The molecule has 0 spiro atoms. The second-order valence-electron chi connectivity index (χ2n) is 9.42. The van der Waals surface area contributed by atoms with Gasteiger partial charge in [-0.05, 0) is 56.1 Å². The normalized spacial score (nSPS) is 49.7. The van der Waals surface area contributed by atoms with Gasteiger partial charge in [-0.1, -0.05) is 25.5 Å². The van der Waals surface area contributed by atoms with E-state index in [-0.39, 0.29) is 36.4 Å². The largest absolute Gasteiger partial charge is 0.479 e. The first-order chi connectivity index (χ1) is 12.5. The van der Waals surface area contributed by atoms with Gasteiger partial charge >= 0.3 is 5.97 Å². The van der Waals surface area contributed by atoms with Crippen LogP contribution in [0.1, 0.15) is 46.0 Å². The van der Waals surface area contributed by atoms with Crippen molar-refractivity contribution in [2.75, 3.05) is 0 Å². The fourth-order valence-electron chi connectivity index (χ4n) is 7.02. The van der Waals surface area contributed by atoms with Crippen LogP contribution in [0.3, 0.4) is 0 Å². The molecule has 27 heavy (non-hydrogen) atoms. The SMILES string of the molecule is C[C@]12C=CC(=O)C=C1CC[C@@H]1[C@@H]2[C@@H](O)C[C@@]2(C)[C@H]1CC[C@]2(O)[C@@H](O)C(=O)O. The first-order valence-electron chi connectivity index (χ1n) is 9.80. The summed E-state index contributed by atoms with van der Waals surface area (Å²) in [6.45, 7) is 3.89. The van der Waals surface area contributed by atoms with Crippen LogP contribution >= 0.6 is 0 Å². The van der Waals surface area contributed by atoms with Crippen molar-refractivity contribution < 1.29 is 30.0 Å². The van der Waals surface area contributed by atoms with Gasteiger partial charge in [0, 0.05) is 16.7 Å². The zero-order chi connectivity index (χ0) is 19.8. The monoisotopic (exact) mass is 376 g/mol. The van der Waals surface area contributed by atoms with E-state index in [1.807, 2.05) is 13.0 Å². The predicted molar refractivity (Wildman–Crippen MR) is 96.6 cm³/mol. The van der Waals surface area contributed by atoms with Crippen molar-refractivity contribution in [1.82, 2.24) is 0 Å². The Morgan fingerprint density at radius 3 is 2.67 bits per heavy atom. The Balaban J connectivity index is 1.74.